The monoisotopic (exact) mass is 479 g/mol. The molecule has 32 heavy (non-hydrogen) atoms. The molecule has 0 N–H and O–H groups in total. The lowest BCUT2D eigenvalue weighted by Crippen LogP contribution is -2.50. The van der Waals surface area contributed by atoms with Crippen LogP contribution in [0, 0.1) is 5.92 Å². The van der Waals surface area contributed by atoms with Crippen molar-refractivity contribution in [2.45, 2.75) is 54.7 Å². The number of likely N-dealkylation sites (tertiary alicyclic amines) is 1. The molecule has 0 unspecified atom stereocenters. The van der Waals surface area contributed by atoms with Crippen LogP contribution in [0.5, 0.6) is 0 Å². The SMILES string of the molecule is O=C(CSc1nc2cc(S(=O)(=O)N3CCOCC3)ccc2o1)N1CCC[C@H]2CCCC[C@H]21. The Morgan fingerprint density at radius 2 is 1.88 bits per heavy atom. The Morgan fingerprint density at radius 3 is 2.72 bits per heavy atom. The number of aromatic nitrogens is 1. The zero-order valence-corrected chi connectivity index (χ0v) is 19.7. The summed E-state index contributed by atoms with van der Waals surface area (Å²) in [5.41, 5.74) is 1.01. The molecule has 1 amide bonds. The Bertz CT molecular complexity index is 1080. The number of hydrogen-bond acceptors (Lipinski definition) is 7. The van der Waals surface area contributed by atoms with Crippen LogP contribution in [0.25, 0.3) is 11.1 Å². The minimum absolute atomic E-state index is 0.143. The standard InChI is InChI=1S/C22H29N3O5S2/c26-21(25-9-3-5-16-4-1-2-6-19(16)25)15-31-22-23-18-14-17(7-8-20(18)30-22)32(27,28)24-10-12-29-13-11-24/h7-8,14,16,19H,1-6,9-13,15H2/t16-,19-/m1/s1. The molecule has 2 aliphatic heterocycles. The number of hydrogen-bond donors (Lipinski definition) is 0. The molecule has 2 atom stereocenters. The second-order valence-electron chi connectivity index (χ2n) is 8.76. The average molecular weight is 480 g/mol. The van der Waals surface area contributed by atoms with Crippen LogP contribution < -0.4 is 0 Å². The van der Waals surface area contributed by atoms with Crippen LogP contribution in [-0.4, -0.2) is 73.2 Å². The minimum atomic E-state index is -3.59. The number of thioether (sulfide) groups is 1. The zero-order valence-electron chi connectivity index (χ0n) is 18.1. The third-order valence-electron chi connectivity index (χ3n) is 6.83. The van der Waals surface area contributed by atoms with Crippen molar-refractivity contribution in [3.05, 3.63) is 18.2 Å². The summed E-state index contributed by atoms with van der Waals surface area (Å²) in [5.74, 6) is 1.08. The molecule has 5 rings (SSSR count). The first-order chi connectivity index (χ1) is 15.5. The number of benzene rings is 1. The van der Waals surface area contributed by atoms with E-state index < -0.39 is 10.0 Å². The molecule has 1 aromatic heterocycles. The van der Waals surface area contributed by atoms with Crippen LogP contribution in [0.15, 0.2) is 32.7 Å². The second kappa shape index (κ2) is 9.32. The Balaban J connectivity index is 1.26. The Morgan fingerprint density at radius 1 is 1.09 bits per heavy atom. The van der Waals surface area contributed by atoms with Gasteiger partial charge in [-0.3, -0.25) is 4.79 Å². The fourth-order valence-corrected chi connectivity index (χ4v) is 7.34. The lowest BCUT2D eigenvalue weighted by molar-refractivity contribution is -0.134. The number of rotatable bonds is 5. The second-order valence-corrected chi connectivity index (χ2v) is 11.6. The Kier molecular flexibility index (Phi) is 6.46. The molecule has 3 aliphatic rings. The van der Waals surface area contributed by atoms with Crippen molar-refractivity contribution in [2.75, 3.05) is 38.6 Å². The summed E-state index contributed by atoms with van der Waals surface area (Å²) in [4.78, 5) is 19.7. The molecule has 2 saturated heterocycles. The molecule has 1 saturated carbocycles. The van der Waals surface area contributed by atoms with Crippen molar-refractivity contribution in [3.8, 4) is 0 Å². The lowest BCUT2D eigenvalue weighted by atomic mass is 9.78. The van der Waals surface area contributed by atoms with Gasteiger partial charge in [0.15, 0.2) is 5.58 Å². The van der Waals surface area contributed by atoms with Gasteiger partial charge in [0, 0.05) is 25.7 Å². The Labute approximate surface area is 192 Å². The smallest absolute Gasteiger partial charge is 0.257 e. The van der Waals surface area contributed by atoms with Crippen molar-refractivity contribution < 1.29 is 22.4 Å². The quantitative estimate of drug-likeness (QED) is 0.608. The first kappa shape index (κ1) is 22.2. The summed E-state index contributed by atoms with van der Waals surface area (Å²) >= 11 is 1.28. The van der Waals surface area contributed by atoms with E-state index in [-0.39, 0.29) is 16.6 Å². The summed E-state index contributed by atoms with van der Waals surface area (Å²) in [6, 6.07) is 5.13. The molecule has 8 nitrogen and oxygen atoms in total. The summed E-state index contributed by atoms with van der Waals surface area (Å²) in [6.45, 7) is 2.34. The maximum Gasteiger partial charge on any atom is 0.257 e. The van der Waals surface area contributed by atoms with Crippen molar-refractivity contribution in [1.82, 2.24) is 14.2 Å². The molecule has 3 fully saturated rings. The number of oxazole rings is 1. The van der Waals surface area contributed by atoms with Gasteiger partial charge < -0.3 is 14.1 Å². The van der Waals surface area contributed by atoms with Gasteiger partial charge in [0.05, 0.1) is 23.9 Å². The first-order valence-corrected chi connectivity index (χ1v) is 13.9. The normalized spacial score (nSPS) is 25.1. The van der Waals surface area contributed by atoms with Crippen molar-refractivity contribution >= 4 is 38.8 Å². The van der Waals surface area contributed by atoms with E-state index in [1.807, 2.05) is 0 Å². The van der Waals surface area contributed by atoms with Gasteiger partial charge in [-0.25, -0.2) is 13.4 Å². The molecular formula is C22H29N3O5S2. The number of morpholine rings is 1. The van der Waals surface area contributed by atoms with Crippen LogP contribution in [0.2, 0.25) is 0 Å². The van der Waals surface area contributed by atoms with Crippen LogP contribution in [0.3, 0.4) is 0 Å². The molecule has 2 aromatic rings. The number of fused-ring (bicyclic) bond motifs is 2. The van der Waals surface area contributed by atoms with Crippen LogP contribution in [0.4, 0.5) is 0 Å². The predicted molar refractivity (Wildman–Crippen MR) is 121 cm³/mol. The highest BCUT2D eigenvalue weighted by atomic mass is 32.2. The molecular weight excluding hydrogens is 450 g/mol. The number of ether oxygens (including phenoxy) is 1. The van der Waals surface area contributed by atoms with E-state index in [0.717, 1.165) is 19.4 Å². The highest BCUT2D eigenvalue weighted by Crippen LogP contribution is 2.36. The van der Waals surface area contributed by atoms with E-state index in [4.69, 9.17) is 9.15 Å². The maximum absolute atomic E-state index is 12.9. The van der Waals surface area contributed by atoms with Gasteiger partial charge in [-0.2, -0.15) is 4.31 Å². The third kappa shape index (κ3) is 4.42. The molecule has 10 heteroatoms. The van der Waals surface area contributed by atoms with E-state index >= 15 is 0 Å². The average Bonchev–Trinajstić information content (AvgIpc) is 3.25. The first-order valence-electron chi connectivity index (χ1n) is 11.4. The number of piperidine rings is 1. The topological polar surface area (TPSA) is 92.9 Å². The number of nitrogens with zero attached hydrogens (tertiary/aromatic N) is 3. The van der Waals surface area contributed by atoms with Gasteiger partial charge in [0.1, 0.15) is 5.52 Å². The van der Waals surface area contributed by atoms with Gasteiger partial charge in [-0.05, 0) is 49.8 Å². The van der Waals surface area contributed by atoms with E-state index in [0.29, 0.717) is 54.6 Å². The lowest BCUT2D eigenvalue weighted by Gasteiger charge is -2.44. The number of carbonyl (C=O) groups is 1. The van der Waals surface area contributed by atoms with Crippen molar-refractivity contribution in [3.63, 3.8) is 0 Å². The summed E-state index contributed by atoms with van der Waals surface area (Å²) in [5, 5.41) is 0.395. The van der Waals surface area contributed by atoms with Crippen LogP contribution >= 0.6 is 11.8 Å². The molecule has 1 aromatic carbocycles. The predicted octanol–water partition coefficient (Wildman–Crippen LogP) is 3.12. The molecule has 0 bridgehead atoms. The van der Waals surface area contributed by atoms with E-state index in [2.05, 4.69) is 9.88 Å². The molecule has 0 spiro atoms. The Hall–Kier alpha value is -1.62. The van der Waals surface area contributed by atoms with Crippen LogP contribution in [-0.2, 0) is 19.6 Å². The molecule has 3 heterocycles. The highest BCUT2D eigenvalue weighted by Gasteiger charge is 2.35. The summed E-state index contributed by atoms with van der Waals surface area (Å²) < 4.78 is 38.3. The van der Waals surface area contributed by atoms with Crippen molar-refractivity contribution in [1.29, 1.82) is 0 Å². The largest absolute Gasteiger partial charge is 0.431 e. The zero-order chi connectivity index (χ0) is 22.1. The highest BCUT2D eigenvalue weighted by molar-refractivity contribution is 7.99. The molecule has 174 valence electrons. The number of amides is 1. The third-order valence-corrected chi connectivity index (χ3v) is 9.54. The fourth-order valence-electron chi connectivity index (χ4n) is 5.19. The summed E-state index contributed by atoms with van der Waals surface area (Å²) in [7, 11) is -3.59. The van der Waals surface area contributed by atoms with Crippen molar-refractivity contribution in [2.24, 2.45) is 5.92 Å². The number of carbonyl (C=O) groups excluding carboxylic acids is 1. The molecule has 0 radical (unpaired) electrons. The maximum atomic E-state index is 12.9. The van der Waals surface area contributed by atoms with Crippen LogP contribution in [0.1, 0.15) is 38.5 Å². The van der Waals surface area contributed by atoms with E-state index in [1.165, 1.54) is 41.8 Å². The van der Waals surface area contributed by atoms with Gasteiger partial charge in [-0.15, -0.1) is 0 Å². The fraction of sp³-hybridized carbons (Fsp3) is 0.636. The summed E-state index contributed by atoms with van der Waals surface area (Å²) in [6.07, 6.45) is 7.17. The van der Waals surface area contributed by atoms with Gasteiger partial charge in [-0.1, -0.05) is 24.6 Å². The number of sulfonamides is 1. The van der Waals surface area contributed by atoms with E-state index in [9.17, 15) is 13.2 Å². The molecule has 1 aliphatic carbocycles. The van der Waals surface area contributed by atoms with Gasteiger partial charge >= 0.3 is 0 Å². The van der Waals surface area contributed by atoms with Gasteiger partial charge in [0.2, 0.25) is 15.9 Å². The van der Waals surface area contributed by atoms with Gasteiger partial charge in [0.25, 0.3) is 5.22 Å². The minimum Gasteiger partial charge on any atom is -0.431 e. The van der Waals surface area contributed by atoms with E-state index in [1.54, 1.807) is 18.2 Å².